The van der Waals surface area contributed by atoms with Crippen molar-refractivity contribution in [2.75, 3.05) is 20.8 Å². The highest BCUT2D eigenvalue weighted by atomic mass is 16.5. The van der Waals surface area contributed by atoms with Crippen LogP contribution < -0.4 is 10.1 Å². The smallest absolute Gasteiger partial charge is 0.123 e. The second-order valence-corrected chi connectivity index (χ2v) is 5.59. The first-order valence-electron chi connectivity index (χ1n) is 7.03. The lowest BCUT2D eigenvalue weighted by atomic mass is 9.79. The third-order valence-electron chi connectivity index (χ3n) is 4.28. The van der Waals surface area contributed by atoms with Gasteiger partial charge in [0.2, 0.25) is 0 Å². The van der Waals surface area contributed by atoms with Gasteiger partial charge in [0.1, 0.15) is 5.75 Å². The molecule has 1 atom stereocenters. The molecule has 0 aliphatic heterocycles. The van der Waals surface area contributed by atoms with Crippen molar-refractivity contribution in [2.24, 2.45) is 0 Å². The number of hydrogen-bond acceptors (Lipinski definition) is 3. The Balaban J connectivity index is 2.01. The van der Waals surface area contributed by atoms with Crippen LogP contribution in [0.25, 0.3) is 0 Å². The van der Waals surface area contributed by atoms with Crippen molar-refractivity contribution in [2.45, 2.75) is 44.8 Å². The van der Waals surface area contributed by atoms with E-state index in [0.29, 0.717) is 0 Å². The predicted molar refractivity (Wildman–Crippen MR) is 77.7 cm³/mol. The molecule has 1 aliphatic carbocycles. The molecule has 19 heavy (non-hydrogen) atoms. The molecule has 2 rings (SSSR count). The van der Waals surface area contributed by atoms with Crippen LogP contribution in [0.2, 0.25) is 0 Å². The van der Waals surface area contributed by atoms with Crippen molar-refractivity contribution in [3.05, 3.63) is 29.3 Å². The Bertz CT molecular complexity index is 421. The number of aryl methyl sites for hydroxylation is 1. The fourth-order valence-corrected chi connectivity index (χ4v) is 2.65. The molecule has 1 aromatic rings. The Labute approximate surface area is 116 Å². The summed E-state index contributed by atoms with van der Waals surface area (Å²) in [6, 6.07) is 6.63. The molecule has 1 N–H and O–H groups in total. The Morgan fingerprint density at radius 1 is 1.32 bits per heavy atom. The molecular weight excluding hydrogens is 238 g/mol. The minimum absolute atomic E-state index is 0.0617. The van der Waals surface area contributed by atoms with Crippen LogP contribution in [0.5, 0.6) is 5.75 Å². The minimum atomic E-state index is 0.0617. The number of nitrogens with one attached hydrogen (secondary N) is 1. The highest BCUT2D eigenvalue weighted by Crippen LogP contribution is 2.35. The van der Waals surface area contributed by atoms with Gasteiger partial charge in [0, 0.05) is 25.3 Å². The van der Waals surface area contributed by atoms with Gasteiger partial charge in [0.05, 0.1) is 12.7 Å². The van der Waals surface area contributed by atoms with E-state index >= 15 is 0 Å². The van der Waals surface area contributed by atoms with Gasteiger partial charge in [-0.05, 0) is 44.7 Å². The molecule has 3 nitrogen and oxygen atoms in total. The number of benzene rings is 1. The highest BCUT2D eigenvalue weighted by Gasteiger charge is 2.36. The maximum atomic E-state index is 5.64. The predicted octanol–water partition coefficient (Wildman–Crippen LogP) is 3.22. The molecule has 1 aliphatic rings. The largest absolute Gasteiger partial charge is 0.496 e. The first-order chi connectivity index (χ1) is 9.10. The second-order valence-electron chi connectivity index (χ2n) is 5.59. The fraction of sp³-hybridized carbons (Fsp3) is 0.625. The lowest BCUT2D eigenvalue weighted by Crippen LogP contribution is -2.48. The van der Waals surface area contributed by atoms with Crippen molar-refractivity contribution in [3.63, 3.8) is 0 Å². The number of rotatable bonds is 6. The van der Waals surface area contributed by atoms with Gasteiger partial charge in [-0.2, -0.15) is 0 Å². The van der Waals surface area contributed by atoms with Crippen molar-refractivity contribution in [1.29, 1.82) is 0 Å². The van der Waals surface area contributed by atoms with Crippen molar-refractivity contribution < 1.29 is 9.47 Å². The Morgan fingerprint density at radius 2 is 2.05 bits per heavy atom. The number of ether oxygens (including phenoxy) is 2. The van der Waals surface area contributed by atoms with Crippen LogP contribution in [0.4, 0.5) is 0 Å². The molecule has 0 bridgehead atoms. The minimum Gasteiger partial charge on any atom is -0.496 e. The average molecular weight is 263 g/mol. The zero-order valence-corrected chi connectivity index (χ0v) is 12.5. The summed E-state index contributed by atoms with van der Waals surface area (Å²) in [4.78, 5) is 0. The fourth-order valence-electron chi connectivity index (χ4n) is 2.65. The van der Waals surface area contributed by atoms with E-state index in [4.69, 9.17) is 9.47 Å². The molecule has 0 amide bonds. The van der Waals surface area contributed by atoms with E-state index in [1.165, 1.54) is 17.5 Å². The van der Waals surface area contributed by atoms with Crippen molar-refractivity contribution in [1.82, 2.24) is 5.32 Å². The highest BCUT2D eigenvalue weighted by molar-refractivity contribution is 5.39. The Hall–Kier alpha value is -1.06. The summed E-state index contributed by atoms with van der Waals surface area (Å²) in [7, 11) is 3.55. The summed E-state index contributed by atoms with van der Waals surface area (Å²) in [5, 5.41) is 3.58. The first kappa shape index (κ1) is 14.4. The number of hydrogen-bond donors (Lipinski definition) is 1. The van der Waals surface area contributed by atoms with Crippen LogP contribution in [0.15, 0.2) is 18.2 Å². The van der Waals surface area contributed by atoms with Gasteiger partial charge in [-0.3, -0.25) is 0 Å². The van der Waals surface area contributed by atoms with E-state index in [0.717, 1.165) is 25.1 Å². The molecule has 0 radical (unpaired) electrons. The van der Waals surface area contributed by atoms with Gasteiger partial charge in [-0.15, -0.1) is 0 Å². The van der Waals surface area contributed by atoms with E-state index in [-0.39, 0.29) is 11.6 Å². The van der Waals surface area contributed by atoms with Gasteiger partial charge in [-0.25, -0.2) is 0 Å². The zero-order chi connectivity index (χ0) is 13.9. The van der Waals surface area contributed by atoms with Gasteiger partial charge in [0.25, 0.3) is 0 Å². The summed E-state index contributed by atoms with van der Waals surface area (Å²) < 4.78 is 11.1. The van der Waals surface area contributed by atoms with Crippen molar-refractivity contribution in [3.8, 4) is 5.75 Å². The van der Waals surface area contributed by atoms with Crippen LogP contribution in [-0.4, -0.2) is 26.4 Å². The van der Waals surface area contributed by atoms with E-state index in [1.807, 2.05) is 7.11 Å². The Kier molecular flexibility index (Phi) is 4.48. The van der Waals surface area contributed by atoms with Crippen molar-refractivity contribution >= 4 is 0 Å². The van der Waals surface area contributed by atoms with Crippen LogP contribution in [-0.2, 0) is 4.74 Å². The van der Waals surface area contributed by atoms with Gasteiger partial charge in [-0.1, -0.05) is 12.1 Å². The first-order valence-corrected chi connectivity index (χ1v) is 7.03. The average Bonchev–Trinajstić information content (AvgIpc) is 2.37. The van der Waals surface area contributed by atoms with E-state index in [2.05, 4.69) is 37.4 Å². The van der Waals surface area contributed by atoms with E-state index < -0.39 is 0 Å². The summed E-state index contributed by atoms with van der Waals surface area (Å²) in [6.07, 6.45) is 3.60. The lowest BCUT2D eigenvalue weighted by Gasteiger charge is -2.41. The normalized spacial score (nSPS) is 18.7. The van der Waals surface area contributed by atoms with Crippen LogP contribution in [0.1, 0.15) is 43.4 Å². The summed E-state index contributed by atoms with van der Waals surface area (Å²) >= 11 is 0. The molecule has 0 saturated heterocycles. The maximum absolute atomic E-state index is 5.64. The molecule has 0 aromatic heterocycles. The third-order valence-corrected chi connectivity index (χ3v) is 4.28. The molecule has 0 heterocycles. The number of methoxy groups -OCH3 is 2. The van der Waals surface area contributed by atoms with Gasteiger partial charge in [0.15, 0.2) is 0 Å². The van der Waals surface area contributed by atoms with Crippen LogP contribution in [0.3, 0.4) is 0 Å². The SMILES string of the molecule is COc1cc(C)ccc1C(C)NCC1(OC)CCC1. The Morgan fingerprint density at radius 3 is 2.58 bits per heavy atom. The molecule has 1 saturated carbocycles. The zero-order valence-electron chi connectivity index (χ0n) is 12.5. The molecule has 1 aromatic carbocycles. The molecular formula is C16H25NO2. The molecule has 0 spiro atoms. The monoisotopic (exact) mass is 263 g/mol. The third kappa shape index (κ3) is 3.10. The van der Waals surface area contributed by atoms with Gasteiger partial charge >= 0.3 is 0 Å². The second kappa shape index (κ2) is 5.93. The lowest BCUT2D eigenvalue weighted by molar-refractivity contribution is -0.0706. The molecule has 106 valence electrons. The van der Waals surface area contributed by atoms with E-state index in [9.17, 15) is 0 Å². The molecule has 1 unspecified atom stereocenters. The maximum Gasteiger partial charge on any atom is 0.123 e. The molecule has 1 fully saturated rings. The quantitative estimate of drug-likeness (QED) is 0.855. The summed E-state index contributed by atoms with van der Waals surface area (Å²) in [5.74, 6) is 0.958. The molecule has 3 heteroatoms. The standard InChI is InChI=1S/C16H25NO2/c1-12-6-7-14(15(10-12)18-3)13(2)17-11-16(19-4)8-5-9-16/h6-7,10,13,17H,5,8-9,11H2,1-4H3. The van der Waals surface area contributed by atoms with Crippen LogP contribution in [0, 0.1) is 6.92 Å². The summed E-state index contributed by atoms with van der Waals surface area (Å²) in [6.45, 7) is 5.16. The van der Waals surface area contributed by atoms with E-state index in [1.54, 1.807) is 7.11 Å². The summed E-state index contributed by atoms with van der Waals surface area (Å²) in [5.41, 5.74) is 2.49. The van der Waals surface area contributed by atoms with Crippen LogP contribution >= 0.6 is 0 Å². The topological polar surface area (TPSA) is 30.5 Å². The van der Waals surface area contributed by atoms with Gasteiger partial charge < -0.3 is 14.8 Å².